The van der Waals surface area contributed by atoms with Gasteiger partial charge in [-0.15, -0.1) is 0 Å². The number of pyridine rings is 1. The lowest BCUT2D eigenvalue weighted by Gasteiger charge is -2.13. The second-order valence-electron chi connectivity index (χ2n) is 8.98. The number of nitrogens with two attached hydrogens (primary N) is 1. The fourth-order valence-corrected chi connectivity index (χ4v) is 4.16. The molecule has 0 radical (unpaired) electrons. The lowest BCUT2D eigenvalue weighted by molar-refractivity contribution is 0.0951. The zero-order chi connectivity index (χ0) is 24.1. The van der Waals surface area contributed by atoms with Crippen molar-refractivity contribution in [2.75, 3.05) is 18.9 Å². The number of ether oxygens (including phenoxy) is 1. The van der Waals surface area contributed by atoms with Gasteiger partial charge in [0, 0.05) is 36.5 Å². The number of imidazole rings is 1. The van der Waals surface area contributed by atoms with E-state index in [2.05, 4.69) is 35.6 Å². The predicted octanol–water partition coefficient (Wildman–Crippen LogP) is 4.97. The fraction of sp³-hybridized carbons (Fsp3) is 0.370. The van der Waals surface area contributed by atoms with E-state index < -0.39 is 0 Å². The summed E-state index contributed by atoms with van der Waals surface area (Å²) >= 11 is 0. The summed E-state index contributed by atoms with van der Waals surface area (Å²) in [7, 11) is 0. The summed E-state index contributed by atoms with van der Waals surface area (Å²) in [5.41, 5.74) is 9.62. The number of amides is 1. The summed E-state index contributed by atoms with van der Waals surface area (Å²) in [6, 6.07) is 15.1. The number of fused-ring (bicyclic) bond motifs is 3. The molecule has 178 valence electrons. The molecule has 4 rings (SSSR count). The summed E-state index contributed by atoms with van der Waals surface area (Å²) in [5, 5.41) is 3.95. The maximum atomic E-state index is 12.1. The average Bonchev–Trinajstić information content (AvgIpc) is 3.17. The molecule has 3 N–H and O–H groups in total. The van der Waals surface area contributed by atoms with Crippen LogP contribution in [-0.2, 0) is 13.0 Å². The van der Waals surface area contributed by atoms with E-state index in [4.69, 9.17) is 15.5 Å². The van der Waals surface area contributed by atoms with Gasteiger partial charge in [-0.25, -0.2) is 9.97 Å². The van der Waals surface area contributed by atoms with Gasteiger partial charge in [0.05, 0.1) is 17.6 Å². The summed E-state index contributed by atoms with van der Waals surface area (Å²) in [6.07, 6.45) is 2.63. The van der Waals surface area contributed by atoms with Gasteiger partial charge in [0.1, 0.15) is 17.1 Å². The van der Waals surface area contributed by atoms with E-state index in [9.17, 15) is 4.79 Å². The number of anilines is 1. The van der Waals surface area contributed by atoms with E-state index in [-0.39, 0.29) is 5.91 Å². The highest BCUT2D eigenvalue weighted by Crippen LogP contribution is 2.31. The number of hydrogen-bond donors (Lipinski definition) is 2. The highest BCUT2D eigenvalue weighted by atomic mass is 16.5. The van der Waals surface area contributed by atoms with Crippen LogP contribution in [0.3, 0.4) is 0 Å². The number of rotatable bonds is 10. The minimum Gasteiger partial charge on any atom is -0.493 e. The fourth-order valence-electron chi connectivity index (χ4n) is 4.16. The minimum absolute atomic E-state index is 0.0737. The molecule has 2 aromatic carbocycles. The van der Waals surface area contributed by atoms with Crippen molar-refractivity contribution in [1.29, 1.82) is 0 Å². The standard InChI is InChI=1S/C27H33N5O2/c1-4-9-23-31-24-25(32(23)17-18(2)3)21-13-12-20(16-22(21)30-26(24)28)34-15-8-14-29-27(33)19-10-6-5-7-11-19/h5-7,10-13,16,18H,4,8-9,14-15,17H2,1-3H3,(H2,28,30)(H,29,33). The first kappa shape index (κ1) is 23.5. The molecule has 0 spiro atoms. The van der Waals surface area contributed by atoms with Gasteiger partial charge in [-0.05, 0) is 43.0 Å². The highest BCUT2D eigenvalue weighted by molar-refractivity contribution is 6.07. The van der Waals surface area contributed by atoms with Gasteiger partial charge in [0.15, 0.2) is 5.82 Å². The number of nitrogens with one attached hydrogen (secondary N) is 1. The Morgan fingerprint density at radius 2 is 1.94 bits per heavy atom. The number of aromatic nitrogens is 3. The van der Waals surface area contributed by atoms with Gasteiger partial charge in [-0.1, -0.05) is 39.0 Å². The molecular weight excluding hydrogens is 426 g/mol. The van der Waals surface area contributed by atoms with Crippen molar-refractivity contribution in [2.45, 2.75) is 46.6 Å². The van der Waals surface area contributed by atoms with Gasteiger partial charge in [0.25, 0.3) is 5.91 Å². The Morgan fingerprint density at radius 3 is 2.68 bits per heavy atom. The number of aryl methyl sites for hydroxylation is 1. The van der Waals surface area contributed by atoms with Crippen molar-refractivity contribution in [3.63, 3.8) is 0 Å². The van der Waals surface area contributed by atoms with Crippen molar-refractivity contribution in [3.05, 3.63) is 59.9 Å². The smallest absolute Gasteiger partial charge is 0.251 e. The van der Waals surface area contributed by atoms with Crippen molar-refractivity contribution in [1.82, 2.24) is 19.9 Å². The summed E-state index contributed by atoms with van der Waals surface area (Å²) < 4.78 is 8.24. The maximum absolute atomic E-state index is 12.1. The Kier molecular flexibility index (Phi) is 7.30. The molecule has 0 aliphatic heterocycles. The molecule has 0 atom stereocenters. The van der Waals surface area contributed by atoms with Crippen molar-refractivity contribution < 1.29 is 9.53 Å². The number of nitrogens with zero attached hydrogens (tertiary/aromatic N) is 3. The van der Waals surface area contributed by atoms with Crippen LogP contribution in [0.5, 0.6) is 5.75 Å². The molecule has 0 saturated heterocycles. The Bertz CT molecular complexity index is 1280. The molecule has 34 heavy (non-hydrogen) atoms. The molecule has 0 fully saturated rings. The van der Waals surface area contributed by atoms with E-state index in [1.165, 1.54) is 0 Å². The van der Waals surface area contributed by atoms with Crippen LogP contribution in [0, 0.1) is 5.92 Å². The van der Waals surface area contributed by atoms with Crippen molar-refractivity contribution in [3.8, 4) is 5.75 Å². The number of carbonyl (C=O) groups excluding carboxylic acids is 1. The third kappa shape index (κ3) is 5.14. The number of carbonyl (C=O) groups is 1. The van der Waals surface area contributed by atoms with Crippen LogP contribution < -0.4 is 15.8 Å². The summed E-state index contributed by atoms with van der Waals surface area (Å²) in [4.78, 5) is 21.6. The maximum Gasteiger partial charge on any atom is 0.251 e. The molecule has 7 heteroatoms. The third-order valence-corrected chi connectivity index (χ3v) is 5.69. The van der Waals surface area contributed by atoms with Gasteiger partial charge in [-0.2, -0.15) is 0 Å². The van der Waals surface area contributed by atoms with Crippen LogP contribution in [0.25, 0.3) is 21.9 Å². The molecule has 0 unspecified atom stereocenters. The number of nitrogen functional groups attached to an aromatic ring is 1. The predicted molar refractivity (Wildman–Crippen MR) is 137 cm³/mol. The topological polar surface area (TPSA) is 95.1 Å². The number of benzene rings is 2. The van der Waals surface area contributed by atoms with E-state index in [1.54, 1.807) is 12.1 Å². The van der Waals surface area contributed by atoms with Crippen LogP contribution in [0.4, 0.5) is 5.82 Å². The van der Waals surface area contributed by atoms with E-state index in [1.807, 2.05) is 36.4 Å². The van der Waals surface area contributed by atoms with Gasteiger partial charge < -0.3 is 20.4 Å². The highest BCUT2D eigenvalue weighted by Gasteiger charge is 2.18. The first-order valence-electron chi connectivity index (χ1n) is 12.0. The lowest BCUT2D eigenvalue weighted by atomic mass is 10.1. The summed E-state index contributed by atoms with van der Waals surface area (Å²) in [5.74, 6) is 2.66. The van der Waals surface area contributed by atoms with Crippen molar-refractivity contribution in [2.24, 2.45) is 5.92 Å². The lowest BCUT2D eigenvalue weighted by Crippen LogP contribution is -2.25. The monoisotopic (exact) mass is 459 g/mol. The average molecular weight is 460 g/mol. The Labute approximate surface area is 200 Å². The van der Waals surface area contributed by atoms with Gasteiger partial charge >= 0.3 is 0 Å². The number of hydrogen-bond acceptors (Lipinski definition) is 5. The van der Waals surface area contributed by atoms with E-state index >= 15 is 0 Å². The zero-order valence-electron chi connectivity index (χ0n) is 20.2. The molecule has 2 aromatic heterocycles. The molecule has 0 bridgehead atoms. The molecule has 0 aliphatic rings. The van der Waals surface area contributed by atoms with Crippen LogP contribution >= 0.6 is 0 Å². The Morgan fingerprint density at radius 1 is 1.15 bits per heavy atom. The SMILES string of the molecule is CCCc1nc2c(N)nc3cc(OCCCNC(=O)c4ccccc4)ccc3c2n1CC(C)C. The molecule has 1 amide bonds. The molecule has 4 aromatic rings. The van der Waals surface area contributed by atoms with E-state index in [0.29, 0.717) is 36.9 Å². The van der Waals surface area contributed by atoms with Gasteiger partial charge in [-0.3, -0.25) is 4.79 Å². The quantitative estimate of drug-likeness (QED) is 0.326. The normalized spacial score (nSPS) is 11.4. The van der Waals surface area contributed by atoms with Crippen LogP contribution in [-0.4, -0.2) is 33.6 Å². The Balaban J connectivity index is 1.48. The van der Waals surface area contributed by atoms with Crippen LogP contribution in [0.1, 0.15) is 49.8 Å². The molecule has 7 nitrogen and oxygen atoms in total. The van der Waals surface area contributed by atoms with Crippen LogP contribution in [0.15, 0.2) is 48.5 Å². The molecule has 0 aliphatic carbocycles. The third-order valence-electron chi connectivity index (χ3n) is 5.69. The zero-order valence-corrected chi connectivity index (χ0v) is 20.2. The second-order valence-corrected chi connectivity index (χ2v) is 8.98. The first-order valence-corrected chi connectivity index (χ1v) is 12.0. The molecule has 2 heterocycles. The van der Waals surface area contributed by atoms with Crippen molar-refractivity contribution >= 4 is 33.7 Å². The minimum atomic E-state index is -0.0737. The van der Waals surface area contributed by atoms with Gasteiger partial charge in [0.2, 0.25) is 0 Å². The Hall–Kier alpha value is -3.61. The molecule has 0 saturated carbocycles. The second kappa shape index (κ2) is 10.5. The van der Waals surface area contributed by atoms with E-state index in [0.717, 1.165) is 52.9 Å². The van der Waals surface area contributed by atoms with Crippen LogP contribution in [0.2, 0.25) is 0 Å². The summed E-state index contributed by atoms with van der Waals surface area (Å²) in [6.45, 7) is 8.50. The largest absolute Gasteiger partial charge is 0.493 e. The molecular formula is C27H33N5O2. The first-order chi connectivity index (χ1) is 16.5.